The van der Waals surface area contributed by atoms with E-state index in [0.717, 1.165) is 5.92 Å². The molecule has 4 nitrogen and oxygen atoms in total. The van der Waals surface area contributed by atoms with Gasteiger partial charge in [-0.1, -0.05) is 69.2 Å². The number of carboxylic acid groups (broad SMARTS) is 1. The number of rotatable bonds is 6. The molecule has 2 saturated carbocycles. The SMILES string of the molecule is COC(=O)C(C(C(=O)O)C(C)(C)C(C)(C)C1C2CCC(C2)C1C(C)(C)C)C(C)(C)C. The number of esters is 1. The van der Waals surface area contributed by atoms with E-state index >= 15 is 0 Å². The summed E-state index contributed by atoms with van der Waals surface area (Å²) in [5.74, 6) is -0.433. The van der Waals surface area contributed by atoms with Crippen LogP contribution in [0.4, 0.5) is 0 Å². The molecule has 0 aromatic heterocycles. The first-order valence-corrected chi connectivity index (χ1v) is 11.7. The zero-order valence-electron chi connectivity index (χ0n) is 21.3. The smallest absolute Gasteiger partial charge is 0.310 e. The normalized spacial score (nSPS) is 29.6. The van der Waals surface area contributed by atoms with Crippen molar-refractivity contribution in [2.75, 3.05) is 7.11 Å². The highest BCUT2D eigenvalue weighted by Crippen LogP contribution is 2.67. The molecule has 2 aliphatic rings. The fraction of sp³-hybridized carbons (Fsp3) is 0.923. The van der Waals surface area contributed by atoms with E-state index in [1.807, 2.05) is 20.8 Å². The van der Waals surface area contributed by atoms with Crippen LogP contribution in [0.2, 0.25) is 0 Å². The lowest BCUT2D eigenvalue weighted by Gasteiger charge is -2.57. The Morgan fingerprint density at radius 1 is 0.833 bits per heavy atom. The van der Waals surface area contributed by atoms with Gasteiger partial charge in [0, 0.05) is 0 Å². The quantitative estimate of drug-likeness (QED) is 0.511. The molecule has 174 valence electrons. The molecule has 6 atom stereocenters. The number of hydrogen-bond acceptors (Lipinski definition) is 3. The summed E-state index contributed by atoms with van der Waals surface area (Å²) in [7, 11) is 1.36. The fourth-order valence-electron chi connectivity index (χ4n) is 7.39. The van der Waals surface area contributed by atoms with Crippen LogP contribution in [0.25, 0.3) is 0 Å². The Hall–Kier alpha value is -1.06. The Labute approximate surface area is 184 Å². The van der Waals surface area contributed by atoms with Crippen LogP contribution in [0.3, 0.4) is 0 Å². The summed E-state index contributed by atoms with van der Waals surface area (Å²) in [6.45, 7) is 21.6. The average Bonchev–Trinajstić information content (AvgIpc) is 3.17. The topological polar surface area (TPSA) is 63.6 Å². The second-order valence-corrected chi connectivity index (χ2v) is 13.4. The third kappa shape index (κ3) is 4.05. The second kappa shape index (κ2) is 7.81. The predicted octanol–water partition coefficient (Wildman–Crippen LogP) is 6.28. The number of carboxylic acids is 1. The molecule has 0 aromatic carbocycles. The molecule has 0 spiro atoms. The molecule has 0 saturated heterocycles. The zero-order valence-corrected chi connectivity index (χ0v) is 21.3. The van der Waals surface area contributed by atoms with Gasteiger partial charge in [0.2, 0.25) is 0 Å². The molecule has 30 heavy (non-hydrogen) atoms. The van der Waals surface area contributed by atoms with Crippen molar-refractivity contribution in [1.82, 2.24) is 0 Å². The van der Waals surface area contributed by atoms with Crippen LogP contribution in [0.15, 0.2) is 0 Å². The molecule has 4 heteroatoms. The Kier molecular flexibility index (Phi) is 6.56. The highest BCUT2D eigenvalue weighted by Gasteiger charge is 2.63. The predicted molar refractivity (Wildman–Crippen MR) is 121 cm³/mol. The number of carbonyl (C=O) groups excluding carboxylic acids is 1. The monoisotopic (exact) mass is 422 g/mol. The van der Waals surface area contributed by atoms with Gasteiger partial charge in [-0.3, -0.25) is 9.59 Å². The van der Waals surface area contributed by atoms with Crippen molar-refractivity contribution >= 4 is 11.9 Å². The number of ether oxygens (including phenoxy) is 1. The van der Waals surface area contributed by atoms with E-state index in [0.29, 0.717) is 17.8 Å². The minimum absolute atomic E-state index is 0.183. The van der Waals surface area contributed by atoms with Gasteiger partial charge in [0.05, 0.1) is 18.9 Å². The highest BCUT2D eigenvalue weighted by atomic mass is 16.5. The summed E-state index contributed by atoms with van der Waals surface area (Å²) < 4.78 is 5.13. The largest absolute Gasteiger partial charge is 0.481 e. The molecule has 1 N–H and O–H groups in total. The third-order valence-corrected chi connectivity index (χ3v) is 9.18. The first-order valence-electron chi connectivity index (χ1n) is 11.7. The van der Waals surface area contributed by atoms with Crippen molar-refractivity contribution in [2.24, 2.45) is 57.2 Å². The van der Waals surface area contributed by atoms with Gasteiger partial charge in [-0.15, -0.1) is 0 Å². The summed E-state index contributed by atoms with van der Waals surface area (Å²) in [5.41, 5.74) is -1.17. The lowest BCUT2D eigenvalue weighted by atomic mass is 9.47. The van der Waals surface area contributed by atoms with E-state index in [4.69, 9.17) is 4.74 Å². The molecule has 0 aromatic rings. The van der Waals surface area contributed by atoms with Gasteiger partial charge < -0.3 is 9.84 Å². The maximum atomic E-state index is 12.9. The Balaban J connectivity index is 2.59. The van der Waals surface area contributed by atoms with E-state index in [9.17, 15) is 14.7 Å². The Bertz CT molecular complexity index is 662. The molecule has 0 radical (unpaired) electrons. The molecule has 0 amide bonds. The van der Waals surface area contributed by atoms with Crippen molar-refractivity contribution in [1.29, 1.82) is 0 Å². The summed E-state index contributed by atoms with van der Waals surface area (Å²) in [4.78, 5) is 25.6. The molecule has 2 bridgehead atoms. The van der Waals surface area contributed by atoms with Gasteiger partial charge in [0.25, 0.3) is 0 Å². The molecule has 0 aliphatic heterocycles. The van der Waals surface area contributed by atoms with E-state index < -0.39 is 34.6 Å². The van der Waals surface area contributed by atoms with Crippen molar-refractivity contribution in [2.45, 2.75) is 88.5 Å². The number of methoxy groups -OCH3 is 1. The molecule has 0 heterocycles. The Morgan fingerprint density at radius 3 is 1.67 bits per heavy atom. The fourth-order valence-corrected chi connectivity index (χ4v) is 7.39. The molecule has 2 fully saturated rings. The summed E-state index contributed by atoms with van der Waals surface area (Å²) in [5, 5.41) is 10.4. The van der Waals surface area contributed by atoms with Gasteiger partial charge in [0.15, 0.2) is 0 Å². The molecule has 6 unspecified atom stereocenters. The van der Waals surface area contributed by atoms with Gasteiger partial charge in [-0.05, 0) is 64.6 Å². The van der Waals surface area contributed by atoms with E-state index in [2.05, 4.69) is 48.5 Å². The first kappa shape index (κ1) is 25.2. The molecule has 2 aliphatic carbocycles. The van der Waals surface area contributed by atoms with E-state index in [-0.39, 0.29) is 10.8 Å². The maximum Gasteiger partial charge on any atom is 0.310 e. The van der Waals surface area contributed by atoms with Crippen LogP contribution in [-0.2, 0) is 14.3 Å². The van der Waals surface area contributed by atoms with Crippen molar-refractivity contribution in [3.05, 3.63) is 0 Å². The van der Waals surface area contributed by atoms with Crippen LogP contribution in [0.1, 0.15) is 88.5 Å². The van der Waals surface area contributed by atoms with Crippen LogP contribution in [0.5, 0.6) is 0 Å². The van der Waals surface area contributed by atoms with Crippen molar-refractivity contribution in [3.63, 3.8) is 0 Å². The average molecular weight is 423 g/mol. The van der Waals surface area contributed by atoms with E-state index in [1.165, 1.54) is 26.4 Å². The van der Waals surface area contributed by atoms with Gasteiger partial charge in [0.1, 0.15) is 0 Å². The lowest BCUT2D eigenvalue weighted by Crippen LogP contribution is -2.56. The zero-order chi connectivity index (χ0) is 23.4. The van der Waals surface area contributed by atoms with Gasteiger partial charge in [-0.2, -0.15) is 0 Å². The van der Waals surface area contributed by atoms with Crippen LogP contribution >= 0.6 is 0 Å². The van der Waals surface area contributed by atoms with Crippen molar-refractivity contribution < 1.29 is 19.4 Å². The summed E-state index contributed by atoms with van der Waals surface area (Å²) in [6, 6.07) is 0. The van der Waals surface area contributed by atoms with E-state index in [1.54, 1.807) is 0 Å². The number of fused-ring (bicyclic) bond motifs is 2. The summed E-state index contributed by atoms with van der Waals surface area (Å²) >= 11 is 0. The third-order valence-electron chi connectivity index (χ3n) is 9.18. The maximum absolute atomic E-state index is 12.9. The molecule has 2 rings (SSSR count). The highest BCUT2D eigenvalue weighted by molar-refractivity contribution is 5.82. The minimum Gasteiger partial charge on any atom is -0.481 e. The number of hydrogen-bond donors (Lipinski definition) is 1. The first-order chi connectivity index (χ1) is 13.4. The van der Waals surface area contributed by atoms with Gasteiger partial charge in [-0.25, -0.2) is 0 Å². The lowest BCUT2D eigenvalue weighted by molar-refractivity contribution is -0.177. The number of carbonyl (C=O) groups is 2. The van der Waals surface area contributed by atoms with Crippen molar-refractivity contribution in [3.8, 4) is 0 Å². The van der Waals surface area contributed by atoms with Gasteiger partial charge >= 0.3 is 11.9 Å². The second-order valence-electron chi connectivity index (χ2n) is 13.4. The Morgan fingerprint density at radius 2 is 1.30 bits per heavy atom. The standard InChI is InChI=1S/C26H46O4/c1-23(2,3)17-15-12-13-16(14-15)18(17)25(7,8)26(9,10)19(21(27)28)20(22(29)30-11)24(4,5)6/h15-20H,12-14H2,1-11H3,(H,27,28). The molecular weight excluding hydrogens is 376 g/mol. The minimum atomic E-state index is -0.895. The van der Waals surface area contributed by atoms with Crippen LogP contribution < -0.4 is 0 Å². The van der Waals surface area contributed by atoms with Crippen LogP contribution in [-0.4, -0.2) is 24.2 Å². The molecular formula is C26H46O4. The number of aliphatic carboxylic acids is 1. The summed E-state index contributed by atoms with van der Waals surface area (Å²) in [6.07, 6.45) is 3.82. The van der Waals surface area contributed by atoms with Crippen LogP contribution in [0, 0.1) is 57.2 Å².